The molecule has 0 aliphatic carbocycles. The quantitative estimate of drug-likeness (QED) is 0.503. The van der Waals surface area contributed by atoms with E-state index in [1.54, 1.807) is 6.92 Å². The Morgan fingerprint density at radius 3 is 2.08 bits per heavy atom. The first-order valence-electron chi connectivity index (χ1n) is 3.92. The van der Waals surface area contributed by atoms with Gasteiger partial charge in [0.05, 0.1) is 32.5 Å². The van der Waals surface area contributed by atoms with Gasteiger partial charge in [-0.2, -0.15) is 5.26 Å². The Hall–Kier alpha value is -0.710. The molecule has 0 saturated carbocycles. The molecule has 13 heavy (non-hydrogen) atoms. The van der Waals surface area contributed by atoms with Crippen molar-refractivity contribution < 1.29 is 19.9 Å². The van der Waals surface area contributed by atoms with Gasteiger partial charge in [-0.3, -0.25) is 9.68 Å². The number of rotatable bonds is 7. The summed E-state index contributed by atoms with van der Waals surface area (Å²) in [6.45, 7) is 1.37. The predicted molar refractivity (Wildman–Crippen MR) is 43.0 cm³/mol. The summed E-state index contributed by atoms with van der Waals surface area (Å²) in [7, 11) is 0. The highest BCUT2D eigenvalue weighted by molar-refractivity contribution is 4.82. The van der Waals surface area contributed by atoms with E-state index in [1.807, 2.05) is 6.07 Å². The van der Waals surface area contributed by atoms with Crippen LogP contribution in [-0.2, 0) is 9.68 Å². The third kappa shape index (κ3) is 5.52. The Kier molecular flexibility index (Phi) is 7.48. The highest BCUT2D eigenvalue weighted by atomic mass is 17.0. The summed E-state index contributed by atoms with van der Waals surface area (Å²) in [6.07, 6.45) is 0. The van der Waals surface area contributed by atoms with Crippen molar-refractivity contribution in [3.63, 3.8) is 0 Å². The fourth-order valence-corrected chi connectivity index (χ4v) is 0.570. The average molecular weight is 190 g/mol. The molecule has 0 bridgehead atoms. The third-order valence-electron chi connectivity index (χ3n) is 1.12. The normalized spacial score (nSPS) is 12.8. The maximum Gasteiger partial charge on any atom is 0.146 e. The van der Waals surface area contributed by atoms with Crippen LogP contribution < -0.4 is 0 Å². The van der Waals surface area contributed by atoms with Crippen LogP contribution in [0.5, 0.6) is 0 Å². The lowest BCUT2D eigenvalue weighted by Crippen LogP contribution is -2.34. The van der Waals surface area contributed by atoms with Crippen LogP contribution in [0, 0.1) is 11.3 Å². The maximum atomic E-state index is 8.53. The van der Waals surface area contributed by atoms with Crippen LogP contribution in [0.15, 0.2) is 0 Å². The first kappa shape index (κ1) is 12.3. The maximum absolute atomic E-state index is 8.53. The number of nitriles is 1. The van der Waals surface area contributed by atoms with Crippen molar-refractivity contribution in [2.75, 3.05) is 26.4 Å². The topological polar surface area (TPSA) is 86.0 Å². The van der Waals surface area contributed by atoms with E-state index in [0.29, 0.717) is 0 Å². The minimum atomic E-state index is -0.585. The van der Waals surface area contributed by atoms with Crippen LogP contribution in [0.4, 0.5) is 0 Å². The monoisotopic (exact) mass is 190 g/mol. The van der Waals surface area contributed by atoms with Crippen LogP contribution >= 0.6 is 0 Å². The molecule has 0 aromatic rings. The molecule has 0 amide bonds. The molecule has 1 unspecified atom stereocenters. The summed E-state index contributed by atoms with van der Waals surface area (Å²) >= 11 is 0. The Bertz CT molecular complexity index is 151. The molecule has 0 aromatic carbocycles. The zero-order valence-electron chi connectivity index (χ0n) is 7.51. The van der Waals surface area contributed by atoms with Gasteiger partial charge < -0.3 is 10.2 Å². The molecule has 2 N–H and O–H groups in total. The van der Waals surface area contributed by atoms with E-state index in [4.69, 9.17) is 25.2 Å². The van der Waals surface area contributed by atoms with Crippen LogP contribution in [0.3, 0.4) is 0 Å². The largest absolute Gasteiger partial charge is 0.394 e. The Balaban J connectivity index is 3.81. The number of hydroxylamine groups is 2. The molecule has 76 valence electrons. The molecule has 0 radical (unpaired) electrons. The first-order valence-corrected chi connectivity index (χ1v) is 3.92. The molecule has 6 nitrogen and oxygen atoms in total. The lowest BCUT2D eigenvalue weighted by molar-refractivity contribution is -0.381. The van der Waals surface area contributed by atoms with E-state index in [0.717, 1.165) is 5.23 Å². The second-order valence-corrected chi connectivity index (χ2v) is 2.20. The van der Waals surface area contributed by atoms with E-state index >= 15 is 0 Å². The Morgan fingerprint density at radius 1 is 1.31 bits per heavy atom. The van der Waals surface area contributed by atoms with Crippen molar-refractivity contribution in [3.05, 3.63) is 0 Å². The molecule has 0 aliphatic heterocycles. The second kappa shape index (κ2) is 7.91. The van der Waals surface area contributed by atoms with Crippen LogP contribution in [0.1, 0.15) is 6.92 Å². The smallest absolute Gasteiger partial charge is 0.146 e. The van der Waals surface area contributed by atoms with Crippen LogP contribution in [-0.4, -0.2) is 47.9 Å². The van der Waals surface area contributed by atoms with Crippen LogP contribution in [0.2, 0.25) is 0 Å². The summed E-state index contributed by atoms with van der Waals surface area (Å²) in [4.78, 5) is 9.75. The van der Waals surface area contributed by atoms with E-state index in [1.165, 1.54) is 0 Å². The summed E-state index contributed by atoms with van der Waals surface area (Å²) in [6, 6.07) is 1.31. The molecule has 0 aromatic heterocycles. The van der Waals surface area contributed by atoms with Gasteiger partial charge in [-0.1, -0.05) is 0 Å². The lowest BCUT2D eigenvalue weighted by Gasteiger charge is -2.21. The van der Waals surface area contributed by atoms with Gasteiger partial charge in [-0.15, -0.1) is 0 Å². The number of hydrogen-bond donors (Lipinski definition) is 2. The molecule has 1 atom stereocenters. The van der Waals surface area contributed by atoms with Gasteiger partial charge in [0, 0.05) is 0 Å². The van der Waals surface area contributed by atoms with E-state index in [-0.39, 0.29) is 26.4 Å². The summed E-state index contributed by atoms with van der Waals surface area (Å²) in [5.74, 6) is 0. The molecule has 6 heteroatoms. The van der Waals surface area contributed by atoms with Crippen molar-refractivity contribution >= 4 is 0 Å². The van der Waals surface area contributed by atoms with E-state index in [2.05, 4.69) is 0 Å². The third-order valence-corrected chi connectivity index (χ3v) is 1.12. The van der Waals surface area contributed by atoms with Crippen molar-refractivity contribution in [3.8, 4) is 6.07 Å². The lowest BCUT2D eigenvalue weighted by atomic mass is 10.4. The van der Waals surface area contributed by atoms with Crippen molar-refractivity contribution in [1.29, 1.82) is 5.26 Å². The summed E-state index contributed by atoms with van der Waals surface area (Å²) in [5, 5.41) is 26.4. The molecule has 0 heterocycles. The van der Waals surface area contributed by atoms with Gasteiger partial charge in [0.1, 0.15) is 6.04 Å². The van der Waals surface area contributed by atoms with Gasteiger partial charge in [0.15, 0.2) is 0 Å². The molecule has 0 saturated heterocycles. The molecular formula is C7H14N2O4. The van der Waals surface area contributed by atoms with Crippen molar-refractivity contribution in [2.45, 2.75) is 13.0 Å². The molecule has 0 spiro atoms. The molecule has 0 rings (SSSR count). The molecule has 0 aliphatic rings. The predicted octanol–water partition coefficient (Wildman–Crippen LogP) is -0.952. The van der Waals surface area contributed by atoms with Gasteiger partial charge in [-0.05, 0) is 12.2 Å². The van der Waals surface area contributed by atoms with Gasteiger partial charge in [0.2, 0.25) is 0 Å². The summed E-state index contributed by atoms with van der Waals surface area (Å²) in [5.41, 5.74) is 0. The SMILES string of the molecule is CC(C#N)N(OCCO)OCCO. The number of aliphatic hydroxyl groups is 2. The number of aliphatic hydroxyl groups excluding tert-OH is 2. The first-order chi connectivity index (χ1) is 6.26. The zero-order valence-corrected chi connectivity index (χ0v) is 7.51. The number of nitrogens with zero attached hydrogens (tertiary/aromatic N) is 2. The van der Waals surface area contributed by atoms with E-state index < -0.39 is 6.04 Å². The fourth-order valence-electron chi connectivity index (χ4n) is 0.570. The zero-order chi connectivity index (χ0) is 10.1. The highest BCUT2D eigenvalue weighted by Crippen LogP contribution is 1.99. The molecular weight excluding hydrogens is 176 g/mol. The second-order valence-electron chi connectivity index (χ2n) is 2.20. The van der Waals surface area contributed by atoms with Gasteiger partial charge in [0.25, 0.3) is 0 Å². The van der Waals surface area contributed by atoms with Crippen molar-refractivity contribution in [1.82, 2.24) is 5.23 Å². The van der Waals surface area contributed by atoms with Crippen molar-refractivity contribution in [2.24, 2.45) is 0 Å². The number of hydrogen-bond acceptors (Lipinski definition) is 6. The molecule has 0 fully saturated rings. The van der Waals surface area contributed by atoms with Gasteiger partial charge in [-0.25, -0.2) is 0 Å². The highest BCUT2D eigenvalue weighted by Gasteiger charge is 2.14. The Morgan fingerprint density at radius 2 is 1.77 bits per heavy atom. The minimum Gasteiger partial charge on any atom is -0.394 e. The standard InChI is InChI=1S/C7H14N2O4/c1-7(6-8)9(12-4-2-10)13-5-3-11/h7,10-11H,2-5H2,1H3. The minimum absolute atomic E-state index is 0.0530. The van der Waals surface area contributed by atoms with E-state index in [9.17, 15) is 0 Å². The fraction of sp³-hybridized carbons (Fsp3) is 0.857. The average Bonchev–Trinajstić information content (AvgIpc) is 2.17. The summed E-state index contributed by atoms with van der Waals surface area (Å²) < 4.78 is 0. The van der Waals surface area contributed by atoms with Crippen LogP contribution in [0.25, 0.3) is 0 Å². The van der Waals surface area contributed by atoms with Gasteiger partial charge >= 0.3 is 0 Å². The Labute approximate surface area is 76.8 Å².